The molecule has 0 bridgehead atoms. The van der Waals surface area contributed by atoms with Gasteiger partial charge in [-0.25, -0.2) is 0 Å². The third-order valence-corrected chi connectivity index (χ3v) is 0. The summed E-state index contributed by atoms with van der Waals surface area (Å²) < 4.78 is 25.8. The summed E-state index contributed by atoms with van der Waals surface area (Å²) in [5.74, 6) is 0. The fourth-order valence-corrected chi connectivity index (χ4v) is 0. The minimum absolute atomic E-state index is 0. The van der Waals surface area contributed by atoms with Crippen LogP contribution in [0.1, 0.15) is 0 Å². The van der Waals surface area contributed by atoms with Gasteiger partial charge in [-0.3, -0.25) is 0 Å². The van der Waals surface area contributed by atoms with E-state index < -0.39 is 20.4 Å². The molecule has 0 N–H and O–H groups in total. The molecule has 0 aliphatic heterocycles. The molecule has 0 aromatic heterocycles. The monoisotopic (exact) mass is 266 g/mol. The minimum Gasteiger partial charge on any atom is 2.00 e. The Morgan fingerprint density at radius 1 is 1.40 bits per heavy atom. The van der Waals surface area contributed by atoms with Crippen LogP contribution in [0.2, 0.25) is 0 Å². The molecule has 0 rings (SSSR count). The molecular weight excluding hydrogens is 263 g/mol. The Kier molecular flexibility index (Phi) is 12.1. The van der Waals surface area contributed by atoms with E-state index in [0.717, 1.165) is 0 Å². The molecule has 0 aliphatic rings. The van der Waals surface area contributed by atoms with Crippen molar-refractivity contribution in [1.29, 1.82) is 0 Å². The number of hydrogen-bond donors (Lipinski definition) is 0. The summed E-state index contributed by atoms with van der Waals surface area (Å²) in [6, 6.07) is 0. The standard InChI is InChI=1S/H2O3Te.Sr/c1-4(2)3;/h(H2,1,2,3);/q;+2/p-2. The molecule has 0 aromatic carbocycles. The van der Waals surface area contributed by atoms with Crippen molar-refractivity contribution in [2.75, 3.05) is 0 Å². The van der Waals surface area contributed by atoms with Gasteiger partial charge in [0.1, 0.15) is 0 Å². The average Bonchev–Trinajstić information content (AvgIpc) is 0.811. The van der Waals surface area contributed by atoms with Crippen LogP contribution in [0.5, 0.6) is 0 Å². The Morgan fingerprint density at radius 2 is 1.40 bits per heavy atom. The molecule has 5 heteroatoms. The second-order valence-electron chi connectivity index (χ2n) is 0.204. The maximum Gasteiger partial charge on any atom is 2.00 e. The third-order valence-electron chi connectivity index (χ3n) is 0. The summed E-state index contributed by atoms with van der Waals surface area (Å²) in [6.45, 7) is 0. The van der Waals surface area contributed by atoms with Crippen LogP contribution in [0.25, 0.3) is 0 Å². The van der Waals surface area contributed by atoms with Gasteiger partial charge in [0.05, 0.1) is 0 Å². The minimum atomic E-state index is -4.11. The molecule has 0 saturated heterocycles. The van der Waals surface area contributed by atoms with Gasteiger partial charge >= 0.3 is 75.9 Å². The molecule has 0 aliphatic carbocycles. The first-order valence-corrected chi connectivity index (χ1v) is 3.35. The van der Waals surface area contributed by atoms with Crippen molar-refractivity contribution < 1.29 is 10.0 Å². The SMILES string of the molecule is O=[Te]([O-])[O-].[Sr+2]. The Labute approximate surface area is 74.4 Å². The van der Waals surface area contributed by atoms with Crippen molar-refractivity contribution in [2.24, 2.45) is 0 Å². The van der Waals surface area contributed by atoms with Gasteiger partial charge in [-0.1, -0.05) is 0 Å². The fraction of sp³-hybridized carbons (Fsp3) is 0. The van der Waals surface area contributed by atoms with Crippen molar-refractivity contribution in [1.82, 2.24) is 0 Å². The molecule has 0 heterocycles. The Morgan fingerprint density at radius 3 is 1.40 bits per heavy atom. The third kappa shape index (κ3) is 24.1. The van der Waals surface area contributed by atoms with E-state index in [9.17, 15) is 0 Å². The van der Waals surface area contributed by atoms with Crippen LogP contribution in [-0.2, 0) is 3.10 Å². The molecule has 0 atom stereocenters. The van der Waals surface area contributed by atoms with Crippen molar-refractivity contribution in [3.8, 4) is 0 Å². The summed E-state index contributed by atoms with van der Waals surface area (Å²) in [5.41, 5.74) is 0. The van der Waals surface area contributed by atoms with Crippen molar-refractivity contribution in [3.05, 3.63) is 0 Å². The van der Waals surface area contributed by atoms with Crippen LogP contribution in [0.4, 0.5) is 0 Å². The second-order valence-corrected chi connectivity index (χ2v) is 1.37. The van der Waals surface area contributed by atoms with E-state index in [1.54, 1.807) is 0 Å². The predicted molar refractivity (Wildman–Crippen MR) is 12.2 cm³/mol. The molecule has 0 fully saturated rings. The van der Waals surface area contributed by atoms with E-state index in [-0.39, 0.29) is 45.5 Å². The normalized spacial score (nSPS) is 7.00. The molecule has 3 nitrogen and oxygen atoms in total. The van der Waals surface area contributed by atoms with E-state index in [2.05, 4.69) is 0 Å². The zero-order valence-electron chi connectivity index (χ0n) is 2.34. The summed E-state index contributed by atoms with van der Waals surface area (Å²) in [5, 5.41) is 0. The van der Waals surface area contributed by atoms with E-state index in [1.165, 1.54) is 0 Å². The Hall–Kier alpha value is 1.99. The topological polar surface area (TPSA) is 63.2 Å². The smallest absolute Gasteiger partial charge is 2.00 e. The fourth-order valence-electron chi connectivity index (χ4n) is 0. The zero-order chi connectivity index (χ0) is 3.58. The quantitative estimate of drug-likeness (QED) is 0.431. The summed E-state index contributed by atoms with van der Waals surface area (Å²) in [7, 11) is 0. The largest absolute Gasteiger partial charge is 2.00 e. The van der Waals surface area contributed by atoms with E-state index in [1.807, 2.05) is 0 Å². The van der Waals surface area contributed by atoms with Gasteiger partial charge in [0.2, 0.25) is 0 Å². The summed E-state index contributed by atoms with van der Waals surface area (Å²) in [6.07, 6.45) is 0. The predicted octanol–water partition coefficient (Wildman–Crippen LogP) is -3.26. The van der Waals surface area contributed by atoms with Crippen molar-refractivity contribution >= 4 is 65.8 Å². The summed E-state index contributed by atoms with van der Waals surface area (Å²) >= 11 is -4.11. The van der Waals surface area contributed by atoms with Gasteiger partial charge in [-0.05, 0) is 0 Å². The molecule has 0 amide bonds. The summed E-state index contributed by atoms with van der Waals surface area (Å²) in [4.78, 5) is 0. The molecule has 0 aromatic rings. The van der Waals surface area contributed by atoms with Crippen molar-refractivity contribution in [3.63, 3.8) is 0 Å². The van der Waals surface area contributed by atoms with Gasteiger partial charge in [0.25, 0.3) is 0 Å². The van der Waals surface area contributed by atoms with Crippen LogP contribution in [-0.4, -0.2) is 65.8 Å². The molecular formula is O3SrTe. The molecule has 5 heavy (non-hydrogen) atoms. The Bertz CT molecular complexity index is 29.9. The first-order valence-electron chi connectivity index (χ1n) is 0.500. The second kappa shape index (κ2) is 5.99. The van der Waals surface area contributed by atoms with Crippen LogP contribution in [0, 0.1) is 0 Å². The maximum absolute atomic E-state index is 8.59. The van der Waals surface area contributed by atoms with Crippen LogP contribution in [0.3, 0.4) is 0 Å². The maximum atomic E-state index is 8.59. The van der Waals surface area contributed by atoms with E-state index >= 15 is 0 Å². The van der Waals surface area contributed by atoms with Gasteiger partial charge in [-0.2, -0.15) is 0 Å². The van der Waals surface area contributed by atoms with Gasteiger partial charge in [0.15, 0.2) is 0 Å². The number of rotatable bonds is 0. The molecule has 0 unspecified atom stereocenters. The molecule has 0 radical (unpaired) electrons. The molecule has 0 saturated carbocycles. The van der Waals surface area contributed by atoms with Crippen LogP contribution >= 0.6 is 0 Å². The van der Waals surface area contributed by atoms with Gasteiger partial charge < -0.3 is 0 Å². The van der Waals surface area contributed by atoms with Gasteiger partial charge in [-0.15, -0.1) is 0 Å². The zero-order valence-corrected chi connectivity index (χ0v) is 8.15. The van der Waals surface area contributed by atoms with Crippen molar-refractivity contribution in [2.45, 2.75) is 0 Å². The first-order chi connectivity index (χ1) is 1.73. The average molecular weight is 263 g/mol. The Balaban J connectivity index is 0. The molecule has 26 valence electrons. The first kappa shape index (κ1) is 10.1. The van der Waals surface area contributed by atoms with Crippen LogP contribution < -0.4 is 6.94 Å². The van der Waals surface area contributed by atoms with Gasteiger partial charge in [0, 0.05) is 0 Å². The number of hydrogen-bond acceptors (Lipinski definition) is 3. The van der Waals surface area contributed by atoms with Crippen LogP contribution in [0.15, 0.2) is 0 Å². The van der Waals surface area contributed by atoms with E-state index in [4.69, 9.17) is 10.0 Å². The molecule has 0 spiro atoms. The van der Waals surface area contributed by atoms with E-state index in [0.29, 0.717) is 0 Å².